The Morgan fingerprint density at radius 1 is 1.00 bits per heavy atom. The molecule has 0 aromatic rings. The molecule has 0 aliphatic heterocycles. The van der Waals surface area contributed by atoms with Crippen LogP contribution in [0.5, 0.6) is 0 Å². The van der Waals surface area contributed by atoms with Gasteiger partial charge in [0.1, 0.15) is 0 Å². The molecule has 0 aromatic heterocycles. The molecule has 58 valence electrons. The number of rotatable bonds is 0. The van der Waals surface area contributed by atoms with E-state index >= 15 is 0 Å². The van der Waals surface area contributed by atoms with Gasteiger partial charge in [0.15, 0.2) is 0 Å². The van der Waals surface area contributed by atoms with Gasteiger partial charge < -0.3 is 0 Å². The third-order valence-corrected chi connectivity index (χ3v) is 0. The van der Waals surface area contributed by atoms with Crippen LogP contribution in [-0.2, 0) is 70.7 Å². The van der Waals surface area contributed by atoms with Crippen molar-refractivity contribution in [1.29, 1.82) is 0 Å². The molecule has 8 radical (unpaired) electrons. The molecule has 1 unspecified atom stereocenters. The van der Waals surface area contributed by atoms with E-state index in [4.69, 9.17) is 0 Å². The molecule has 0 N–H and O–H groups in total. The van der Waals surface area contributed by atoms with Gasteiger partial charge in [0.05, 0.1) is 0 Å². The smallest absolute Gasteiger partial charge is 0 e. The summed E-state index contributed by atoms with van der Waals surface area (Å²) in [5.41, 5.74) is 0. The van der Waals surface area contributed by atoms with Crippen molar-refractivity contribution in [3.63, 3.8) is 0 Å². The summed E-state index contributed by atoms with van der Waals surface area (Å²) in [6, 6.07) is 0. The molecule has 0 heterocycles. The van der Waals surface area contributed by atoms with E-state index in [-0.39, 0.29) is 259 Å². The van der Waals surface area contributed by atoms with Gasteiger partial charge >= 0.3 is 0 Å². The number of hydrogen-bond acceptors (Lipinski definition) is 0. The van der Waals surface area contributed by atoms with Crippen molar-refractivity contribution in [2.75, 3.05) is 0 Å². The first-order valence-electron chi connectivity index (χ1n) is 0. The molecule has 0 nitrogen and oxygen atoms in total. The van der Waals surface area contributed by atoms with Crippen LogP contribution in [0.1, 0.15) is 0 Å². The Labute approximate surface area is 251 Å². The summed E-state index contributed by atoms with van der Waals surface area (Å²) < 4.78 is 0. The predicted octanol–water partition coefficient (Wildman–Crippen LogP) is -0.435. The van der Waals surface area contributed by atoms with Crippen LogP contribution in [0.2, 0.25) is 0 Å². The third kappa shape index (κ3) is 70.6. The number of halogens is 2. The minimum absolute atomic E-state index is 0. The van der Waals surface area contributed by atoms with E-state index in [1.807, 2.05) is 0 Å². The van der Waals surface area contributed by atoms with E-state index in [1.165, 1.54) is 0 Å². The van der Waals surface area contributed by atoms with Crippen molar-refractivity contribution < 1.29 is 70.7 Å². The molecule has 0 spiro atoms. The number of hydrogen-bond donors (Lipinski definition) is 0. The molecule has 0 fully saturated rings. The Morgan fingerprint density at radius 2 is 1.00 bits per heavy atom. The quantitative estimate of drug-likeness (QED) is 0.213. The zero-order valence-corrected chi connectivity index (χ0v) is 26.2. The fourth-order valence-electron chi connectivity index (χ4n) is 0. The summed E-state index contributed by atoms with van der Waals surface area (Å²) in [7, 11) is 0. The molecule has 0 amide bonds. The Bertz CT molecular complexity index is 38.1. The zero-order chi connectivity index (χ0) is 0. The van der Waals surface area contributed by atoms with Crippen LogP contribution in [0.3, 0.4) is 0 Å². The van der Waals surface area contributed by atoms with E-state index in [0.717, 1.165) is 0 Å². The van der Waals surface area contributed by atoms with Gasteiger partial charge in [0.25, 0.3) is 0 Å². The minimum atomic E-state index is 0. The average molecular weight is 565 g/mol. The standard InChI is InChI=1S/Ca.ClH.Cu.Fe.HI.K.Mg.Mn.Na.H3P.Zn/h;1H;;;1H;;;;;1H3;. The summed E-state index contributed by atoms with van der Waals surface area (Å²) >= 11 is 0. The zero-order valence-electron chi connectivity index (χ0n) is 6.68. The largest absolute Gasteiger partial charge is 0.153 e. The second-order valence-corrected chi connectivity index (χ2v) is 0. The van der Waals surface area contributed by atoms with Gasteiger partial charge in [0.2, 0.25) is 0 Å². The SMILES string of the molecule is Cl.I.P.[Ca].[Cu].[Fe].[K].[Mg].[Mn].[Na].[Zn]. The maximum absolute atomic E-state index is 0. The van der Waals surface area contributed by atoms with E-state index in [9.17, 15) is 0 Å². The van der Waals surface area contributed by atoms with Crippen LogP contribution in [-0.4, -0.2) is 142 Å². The maximum Gasteiger partial charge on any atom is 0 e. The average Bonchev–Trinajstić information content (AvgIpc) is 0. The molecule has 11 heavy (non-hydrogen) atoms. The first-order chi connectivity index (χ1) is 0. The Balaban J connectivity index is 0. The first kappa shape index (κ1) is 93.9. The molecule has 11 heteroatoms. The maximum atomic E-state index is 0. The topological polar surface area (TPSA) is 0 Å². The third-order valence-electron chi connectivity index (χ3n) is 0. The minimum Gasteiger partial charge on any atom is -0.153 e. The van der Waals surface area contributed by atoms with Crippen molar-refractivity contribution in [1.82, 2.24) is 0 Å². The molecule has 0 bridgehead atoms. The van der Waals surface area contributed by atoms with Crippen LogP contribution in [0, 0.1) is 0 Å². The first-order valence-corrected chi connectivity index (χ1v) is 0. The summed E-state index contributed by atoms with van der Waals surface area (Å²) in [6.45, 7) is 0. The van der Waals surface area contributed by atoms with Gasteiger partial charge in [-0.1, -0.05) is 0 Å². The van der Waals surface area contributed by atoms with E-state index in [0.29, 0.717) is 0 Å². The van der Waals surface area contributed by atoms with Crippen molar-refractivity contribution >= 4 is 188 Å². The Morgan fingerprint density at radius 3 is 1.00 bits per heavy atom. The van der Waals surface area contributed by atoms with Crippen molar-refractivity contribution in [2.24, 2.45) is 0 Å². The summed E-state index contributed by atoms with van der Waals surface area (Å²) in [6.07, 6.45) is 0. The predicted molar refractivity (Wildman–Crippen MR) is 56.8 cm³/mol. The van der Waals surface area contributed by atoms with Crippen LogP contribution in [0.15, 0.2) is 0 Å². The normalized spacial score (nSPS) is 0. The fourth-order valence-corrected chi connectivity index (χ4v) is 0. The molecule has 0 saturated carbocycles. The van der Waals surface area contributed by atoms with Gasteiger partial charge in [-0.15, -0.1) is 36.4 Å². The Kier molecular flexibility index (Phi) is 679. The van der Waals surface area contributed by atoms with Crippen LogP contribution in [0.4, 0.5) is 0 Å². The van der Waals surface area contributed by atoms with Gasteiger partial charge in [-0.25, -0.2) is 0 Å². The van der Waals surface area contributed by atoms with Crippen LogP contribution in [0.25, 0.3) is 0 Å². The molecular formula is H5CaClCuFeIKMgMnNaPZn. The van der Waals surface area contributed by atoms with Crippen molar-refractivity contribution in [3.8, 4) is 0 Å². The van der Waals surface area contributed by atoms with Gasteiger partial charge in [0, 0.05) is 212 Å². The van der Waals surface area contributed by atoms with E-state index in [1.54, 1.807) is 0 Å². The second kappa shape index (κ2) is 79.5. The molecule has 0 aromatic carbocycles. The summed E-state index contributed by atoms with van der Waals surface area (Å²) in [4.78, 5) is 0. The van der Waals surface area contributed by atoms with E-state index in [2.05, 4.69) is 0 Å². The fraction of sp³-hybridized carbons (Fsp3) is 0. The summed E-state index contributed by atoms with van der Waals surface area (Å²) in [5, 5.41) is 0. The van der Waals surface area contributed by atoms with Gasteiger partial charge in [-0.05, 0) is 0 Å². The van der Waals surface area contributed by atoms with E-state index < -0.39 is 0 Å². The second-order valence-electron chi connectivity index (χ2n) is 0. The monoisotopic (exact) mass is 562 g/mol. The van der Waals surface area contributed by atoms with Crippen molar-refractivity contribution in [3.05, 3.63) is 0 Å². The molecule has 0 rings (SSSR count). The van der Waals surface area contributed by atoms with Crippen molar-refractivity contribution in [2.45, 2.75) is 0 Å². The van der Waals surface area contributed by atoms with Gasteiger partial charge in [-0.2, -0.15) is 9.90 Å². The summed E-state index contributed by atoms with van der Waals surface area (Å²) in [5.74, 6) is 0. The van der Waals surface area contributed by atoms with Crippen LogP contribution >= 0.6 is 46.3 Å². The molecule has 0 aliphatic rings. The van der Waals surface area contributed by atoms with Crippen LogP contribution < -0.4 is 0 Å². The Hall–Kier alpha value is 8.29. The molecule has 1 atom stereocenters. The molecule has 0 saturated heterocycles. The van der Waals surface area contributed by atoms with Gasteiger partial charge in [-0.3, -0.25) is 0 Å². The molecule has 0 aliphatic carbocycles. The molecular weight excluding hydrogens is 560 g/mol.